The summed E-state index contributed by atoms with van der Waals surface area (Å²) in [6.07, 6.45) is 6.31. The summed E-state index contributed by atoms with van der Waals surface area (Å²) in [5, 5.41) is 8.19. The Balaban J connectivity index is 1.42. The maximum atomic E-state index is 4.93. The summed E-state index contributed by atoms with van der Waals surface area (Å²) in [4.78, 5) is 14.1. The molecule has 1 aliphatic rings. The van der Waals surface area contributed by atoms with Crippen molar-refractivity contribution in [3.63, 3.8) is 0 Å². The van der Waals surface area contributed by atoms with Gasteiger partial charge in [0.15, 0.2) is 5.65 Å². The molecule has 2 N–H and O–H groups in total. The van der Waals surface area contributed by atoms with Crippen molar-refractivity contribution in [3.05, 3.63) is 73.1 Å². The molecule has 4 heterocycles. The van der Waals surface area contributed by atoms with Gasteiger partial charge in [-0.3, -0.25) is 4.16 Å². The lowest BCUT2D eigenvalue weighted by Crippen LogP contribution is -2.27. The number of nitrogens with one attached hydrogen (secondary N) is 2. The van der Waals surface area contributed by atoms with E-state index in [0.717, 1.165) is 67.8 Å². The molecular formula is C28H34N7P. The predicted molar refractivity (Wildman–Crippen MR) is 152 cm³/mol. The average Bonchev–Trinajstić information content (AvgIpc) is 3.53. The normalized spacial score (nSPS) is 15.8. The number of anilines is 3. The fourth-order valence-electron chi connectivity index (χ4n) is 4.61. The van der Waals surface area contributed by atoms with Gasteiger partial charge in [-0.05, 0) is 69.3 Å². The summed E-state index contributed by atoms with van der Waals surface area (Å²) in [6, 6.07) is 17.5. The number of benzene rings is 1. The van der Waals surface area contributed by atoms with Crippen molar-refractivity contribution in [2.75, 3.05) is 43.9 Å². The summed E-state index contributed by atoms with van der Waals surface area (Å²) in [5.41, 5.74) is 5.06. The van der Waals surface area contributed by atoms with Crippen molar-refractivity contribution in [2.45, 2.75) is 25.8 Å². The predicted octanol–water partition coefficient (Wildman–Crippen LogP) is 5.83. The van der Waals surface area contributed by atoms with Crippen LogP contribution in [-0.4, -0.2) is 58.8 Å². The molecule has 36 heavy (non-hydrogen) atoms. The van der Waals surface area contributed by atoms with Crippen molar-refractivity contribution < 1.29 is 0 Å². The van der Waals surface area contributed by atoms with Gasteiger partial charge in [0, 0.05) is 57.4 Å². The number of likely N-dealkylation sites (N-methyl/N-ethyl adjacent to an activating group) is 1. The summed E-state index contributed by atoms with van der Waals surface area (Å²) in [6.45, 7) is 9.41. The smallest absolute Gasteiger partial charge is 0.164 e. The summed E-state index contributed by atoms with van der Waals surface area (Å²) >= 11 is 0. The molecule has 0 amide bonds. The zero-order valence-corrected chi connectivity index (χ0v) is 22.2. The van der Waals surface area contributed by atoms with Crippen molar-refractivity contribution in [3.8, 4) is 10.9 Å². The Bertz CT molecular complexity index is 1360. The van der Waals surface area contributed by atoms with E-state index in [-0.39, 0.29) is 0 Å². The van der Waals surface area contributed by atoms with E-state index in [1.807, 2.05) is 18.5 Å². The van der Waals surface area contributed by atoms with Crippen LogP contribution in [-0.2, 0) is 0 Å². The molecule has 3 aromatic heterocycles. The van der Waals surface area contributed by atoms with Crippen LogP contribution in [0, 0.1) is 0 Å². The van der Waals surface area contributed by atoms with E-state index in [1.165, 1.54) is 18.1 Å². The van der Waals surface area contributed by atoms with Crippen LogP contribution < -0.4 is 15.5 Å². The van der Waals surface area contributed by atoms with Gasteiger partial charge in [-0.15, -0.1) is 0 Å². The molecule has 1 atom stereocenters. The number of aromatic nitrogens is 3. The Kier molecular flexibility index (Phi) is 7.21. The molecule has 1 saturated heterocycles. The second-order valence-electron chi connectivity index (χ2n) is 9.62. The van der Waals surface area contributed by atoms with Crippen molar-refractivity contribution in [1.82, 2.24) is 24.3 Å². The Hall–Kier alpha value is -3.41. The van der Waals surface area contributed by atoms with E-state index in [1.54, 1.807) is 0 Å². The van der Waals surface area contributed by atoms with Crippen LogP contribution >= 0.6 is 8.35 Å². The first-order chi connectivity index (χ1) is 17.5. The third-order valence-electron chi connectivity index (χ3n) is 6.61. The molecule has 8 heteroatoms. The Labute approximate surface area is 215 Å². The highest BCUT2D eigenvalue weighted by atomic mass is 31.0. The zero-order valence-electron chi connectivity index (χ0n) is 21.3. The number of hydrogen-bond donors (Lipinski definition) is 2. The molecule has 186 valence electrons. The van der Waals surface area contributed by atoms with Gasteiger partial charge in [0.05, 0.1) is 5.69 Å². The highest BCUT2D eigenvalue weighted by Crippen LogP contribution is 2.35. The first kappa shape index (κ1) is 24.3. The van der Waals surface area contributed by atoms with Crippen LogP contribution in [0.1, 0.15) is 25.3 Å². The molecule has 1 aliphatic heterocycles. The second kappa shape index (κ2) is 10.7. The lowest BCUT2D eigenvalue weighted by molar-refractivity contribution is 0.411. The van der Waals surface area contributed by atoms with Gasteiger partial charge in [-0.1, -0.05) is 30.8 Å². The van der Waals surface area contributed by atoms with Crippen LogP contribution in [0.2, 0.25) is 0 Å². The van der Waals surface area contributed by atoms with Gasteiger partial charge in [-0.25, -0.2) is 9.97 Å². The number of rotatable bonds is 9. The Morgan fingerprint density at radius 2 is 2.06 bits per heavy atom. The molecular weight excluding hydrogens is 465 g/mol. The van der Waals surface area contributed by atoms with Gasteiger partial charge in [0.1, 0.15) is 11.6 Å². The lowest BCUT2D eigenvalue weighted by atomic mass is 10.1. The van der Waals surface area contributed by atoms with E-state index in [9.17, 15) is 0 Å². The minimum atomic E-state index is 0.527. The largest absolute Gasteiger partial charge is 0.384 e. The monoisotopic (exact) mass is 499 g/mol. The zero-order chi connectivity index (χ0) is 25.1. The lowest BCUT2D eigenvalue weighted by Gasteiger charge is -2.23. The molecule has 4 aromatic rings. The fraction of sp³-hybridized carbons (Fsp3) is 0.321. The summed E-state index contributed by atoms with van der Waals surface area (Å²) < 4.78 is 2.15. The minimum absolute atomic E-state index is 0.527. The highest BCUT2D eigenvalue weighted by Gasteiger charge is 2.21. The third kappa shape index (κ3) is 5.38. The van der Waals surface area contributed by atoms with Crippen LogP contribution in [0.15, 0.2) is 67.5 Å². The Morgan fingerprint density at radius 1 is 1.19 bits per heavy atom. The van der Waals surface area contributed by atoms with E-state index in [4.69, 9.17) is 4.98 Å². The number of imidazole rings is 1. The standard InChI is InChI=1S/C28H34N7P/c1-20-8-7-15-34(20)27-12-6-11-26(32-27)31-24-19-25(36-35-17-14-30-28(24)35)23-10-5-9-22(18-23)21(2)29-13-16-33(3)4/h5-6,9-12,14,17-20,29H,2,7-8,13,15-16H2,1,3-4H3,(H,31,32). The first-order valence-corrected chi connectivity index (χ1v) is 13.4. The first-order valence-electron chi connectivity index (χ1n) is 12.5. The second-order valence-corrected chi connectivity index (χ2v) is 10.7. The maximum absolute atomic E-state index is 4.93. The van der Waals surface area contributed by atoms with Crippen molar-refractivity contribution in [1.29, 1.82) is 0 Å². The molecule has 0 aliphatic carbocycles. The van der Waals surface area contributed by atoms with E-state index >= 15 is 0 Å². The quantitative estimate of drug-likeness (QED) is 0.302. The molecule has 1 unspecified atom stereocenters. The van der Waals surface area contributed by atoms with Crippen LogP contribution in [0.25, 0.3) is 22.2 Å². The third-order valence-corrected chi connectivity index (χ3v) is 7.75. The number of pyridine rings is 1. The molecule has 0 spiro atoms. The SMILES string of the molecule is C=C(NCCN(C)C)c1cccc(-c2cc(Nc3cccc(N4CCCC4C)n3)c3nccn3p2)c1. The van der Waals surface area contributed by atoms with Gasteiger partial charge in [0.2, 0.25) is 0 Å². The van der Waals surface area contributed by atoms with Gasteiger partial charge >= 0.3 is 0 Å². The highest BCUT2D eigenvalue weighted by molar-refractivity contribution is 7.30. The summed E-state index contributed by atoms with van der Waals surface area (Å²) in [5.74, 6) is 1.86. The average molecular weight is 500 g/mol. The number of hydrogen-bond acceptors (Lipinski definition) is 6. The molecule has 0 bridgehead atoms. The van der Waals surface area contributed by atoms with Crippen LogP contribution in [0.3, 0.4) is 0 Å². The molecule has 0 saturated carbocycles. The van der Waals surface area contributed by atoms with E-state index in [2.05, 4.69) is 99.6 Å². The number of fused-ring (bicyclic) bond motifs is 1. The number of nitrogens with zero attached hydrogens (tertiary/aromatic N) is 5. The topological polar surface area (TPSA) is 60.7 Å². The molecule has 1 aromatic carbocycles. The fourth-order valence-corrected chi connectivity index (χ4v) is 5.67. The van der Waals surface area contributed by atoms with Gasteiger partial charge < -0.3 is 20.4 Å². The molecule has 1 fully saturated rings. The van der Waals surface area contributed by atoms with E-state index in [0.29, 0.717) is 6.04 Å². The molecule has 0 radical (unpaired) electrons. The molecule has 5 rings (SSSR count). The van der Waals surface area contributed by atoms with Crippen molar-refractivity contribution >= 4 is 37.0 Å². The van der Waals surface area contributed by atoms with E-state index < -0.39 is 0 Å². The van der Waals surface area contributed by atoms with Crippen LogP contribution in [0.5, 0.6) is 0 Å². The maximum Gasteiger partial charge on any atom is 0.164 e. The summed E-state index contributed by atoms with van der Waals surface area (Å²) in [7, 11) is 5.22. The minimum Gasteiger partial charge on any atom is -0.384 e. The van der Waals surface area contributed by atoms with Crippen LogP contribution in [0.4, 0.5) is 17.3 Å². The Morgan fingerprint density at radius 3 is 2.86 bits per heavy atom. The molecule has 7 nitrogen and oxygen atoms in total. The van der Waals surface area contributed by atoms with Gasteiger partial charge in [-0.2, -0.15) is 0 Å². The van der Waals surface area contributed by atoms with Gasteiger partial charge in [0.25, 0.3) is 0 Å². The van der Waals surface area contributed by atoms with Crippen molar-refractivity contribution in [2.24, 2.45) is 0 Å².